The van der Waals surface area contributed by atoms with Gasteiger partial charge in [-0.15, -0.1) is 0 Å². The number of hydrogen-bond donors (Lipinski definition) is 1. The molecule has 1 atom stereocenters. The summed E-state index contributed by atoms with van der Waals surface area (Å²) in [6.45, 7) is 3.14. The molecule has 238 valence electrons. The van der Waals surface area contributed by atoms with Crippen LogP contribution in [0.3, 0.4) is 0 Å². The zero-order chi connectivity index (χ0) is 32.2. The summed E-state index contributed by atoms with van der Waals surface area (Å²) in [6.07, 6.45) is 5.98. The molecule has 0 unspecified atom stereocenters. The number of fused-ring (bicyclic) bond motifs is 1. The number of halogens is 1. The lowest BCUT2D eigenvalue weighted by Crippen LogP contribution is -2.37. The van der Waals surface area contributed by atoms with Crippen molar-refractivity contribution < 1.29 is 14.0 Å². The van der Waals surface area contributed by atoms with Crippen LogP contribution in [0, 0.1) is 0 Å². The Morgan fingerprint density at radius 1 is 0.978 bits per heavy atom. The summed E-state index contributed by atoms with van der Waals surface area (Å²) in [4.78, 5) is 45.0. The third kappa shape index (κ3) is 7.29. The predicted molar refractivity (Wildman–Crippen MR) is 184 cm³/mol. The number of likely N-dealkylation sites (tertiary alicyclic amines) is 1. The number of hydrogen-bond acceptors (Lipinski definition) is 6. The van der Waals surface area contributed by atoms with Crippen molar-refractivity contribution >= 4 is 45.8 Å². The zero-order valence-electron chi connectivity index (χ0n) is 26.3. The molecule has 6 rings (SSSR count). The maximum Gasteiger partial charge on any atom is 0.287 e. The summed E-state index contributed by atoms with van der Waals surface area (Å²) in [7, 11) is 3.81. The van der Waals surface area contributed by atoms with Crippen molar-refractivity contribution in [3.05, 3.63) is 117 Å². The fourth-order valence-electron chi connectivity index (χ4n) is 6.32. The van der Waals surface area contributed by atoms with Gasteiger partial charge in [-0.25, -0.2) is 0 Å². The van der Waals surface area contributed by atoms with E-state index in [4.69, 9.17) is 16.0 Å². The van der Waals surface area contributed by atoms with Gasteiger partial charge in [0, 0.05) is 69.2 Å². The van der Waals surface area contributed by atoms with E-state index in [9.17, 15) is 14.4 Å². The molecular weight excluding hydrogens is 600 g/mol. The number of anilines is 2. The lowest BCUT2D eigenvalue weighted by atomic mass is 9.97. The number of nitrogens with zero attached hydrogens (tertiary/aromatic N) is 3. The van der Waals surface area contributed by atoms with E-state index in [0.29, 0.717) is 35.4 Å². The number of amides is 2. The number of carbonyl (C=O) groups is 2. The number of rotatable bonds is 9. The van der Waals surface area contributed by atoms with E-state index in [1.54, 1.807) is 12.1 Å². The van der Waals surface area contributed by atoms with Gasteiger partial charge in [-0.3, -0.25) is 14.4 Å². The molecule has 0 saturated carbocycles. The number of piperidine rings is 1. The van der Waals surface area contributed by atoms with Crippen molar-refractivity contribution in [2.75, 3.05) is 43.5 Å². The maximum atomic E-state index is 13.5. The highest BCUT2D eigenvalue weighted by Crippen LogP contribution is 2.29. The molecule has 2 saturated heterocycles. The zero-order valence-corrected chi connectivity index (χ0v) is 27.1. The van der Waals surface area contributed by atoms with Crippen LogP contribution in [-0.2, 0) is 17.8 Å². The van der Waals surface area contributed by atoms with E-state index in [-0.39, 0.29) is 23.1 Å². The van der Waals surface area contributed by atoms with Crippen LogP contribution in [0.1, 0.15) is 47.4 Å². The minimum Gasteiger partial charge on any atom is -0.451 e. The van der Waals surface area contributed by atoms with Crippen LogP contribution < -0.4 is 20.5 Å². The van der Waals surface area contributed by atoms with Crippen LogP contribution in [0.2, 0.25) is 5.02 Å². The van der Waals surface area contributed by atoms with E-state index >= 15 is 0 Å². The van der Waals surface area contributed by atoms with Crippen LogP contribution in [0.4, 0.5) is 11.4 Å². The summed E-state index contributed by atoms with van der Waals surface area (Å²) in [5.41, 5.74) is 5.64. The molecule has 1 aromatic heterocycles. The molecule has 2 aliphatic rings. The Labute approximate surface area is 274 Å². The van der Waals surface area contributed by atoms with Crippen LogP contribution in [-0.4, -0.2) is 56.5 Å². The monoisotopic (exact) mass is 638 g/mol. The largest absolute Gasteiger partial charge is 0.451 e. The normalized spacial score (nSPS) is 15.7. The van der Waals surface area contributed by atoms with Crippen molar-refractivity contribution in [1.82, 2.24) is 10.2 Å². The Morgan fingerprint density at radius 3 is 2.46 bits per heavy atom. The predicted octanol–water partition coefficient (Wildman–Crippen LogP) is 6.20. The van der Waals surface area contributed by atoms with Gasteiger partial charge >= 0.3 is 0 Å². The molecule has 1 N–H and O–H groups in total. The smallest absolute Gasteiger partial charge is 0.287 e. The summed E-state index contributed by atoms with van der Waals surface area (Å²) < 4.78 is 5.92. The molecule has 0 spiro atoms. The first-order valence-corrected chi connectivity index (χ1v) is 16.2. The van der Waals surface area contributed by atoms with Gasteiger partial charge in [0.25, 0.3) is 5.91 Å². The summed E-state index contributed by atoms with van der Waals surface area (Å²) >= 11 is 6.14. The average molecular weight is 639 g/mol. The first kappa shape index (κ1) is 31.4. The second-order valence-electron chi connectivity index (χ2n) is 12.3. The minimum atomic E-state index is -0.436. The molecule has 0 radical (unpaired) electrons. The highest BCUT2D eigenvalue weighted by Gasteiger charge is 2.24. The van der Waals surface area contributed by atoms with Crippen molar-refractivity contribution in [2.24, 2.45) is 0 Å². The molecule has 4 aromatic rings. The number of para-hydroxylation sites is 1. The van der Waals surface area contributed by atoms with Gasteiger partial charge in [0.2, 0.25) is 5.91 Å². The Morgan fingerprint density at radius 2 is 1.74 bits per heavy atom. The molecule has 2 fully saturated rings. The standard InChI is InChI=1S/C37H39ClN4O4/c1-40(2)30-13-14-34-31(22-30)33(43)23-35(46-34)37(45)39-29(20-25-9-11-28(38)12-10-25)21-26-15-18-41(19-16-26)32-7-4-3-6-27(32)24-42-17-5-8-36(42)44/h3-4,6-7,9-14,21-23,29H,5,8,15-20,24H2,1-2H3,(H,39,45)/t29-/m1/s1. The fourth-order valence-corrected chi connectivity index (χ4v) is 6.44. The minimum absolute atomic E-state index is 0.0162. The van der Waals surface area contributed by atoms with Gasteiger partial charge in [0.15, 0.2) is 11.2 Å². The molecule has 3 heterocycles. The lowest BCUT2D eigenvalue weighted by Gasteiger charge is -2.33. The summed E-state index contributed by atoms with van der Waals surface area (Å²) in [5.74, 6) is -0.222. The first-order chi connectivity index (χ1) is 22.2. The molecule has 2 amide bonds. The second-order valence-corrected chi connectivity index (χ2v) is 12.8. The third-order valence-electron chi connectivity index (χ3n) is 8.84. The number of carbonyl (C=O) groups excluding carboxylic acids is 2. The molecule has 3 aromatic carbocycles. The van der Waals surface area contributed by atoms with Crippen LogP contribution >= 0.6 is 11.6 Å². The molecule has 2 aliphatic heterocycles. The SMILES string of the molecule is CN(C)c1ccc2oc(C(=O)N[C@@H](C=C3CCN(c4ccccc4CN4CCCC4=O)CC3)Cc3ccc(Cl)cc3)cc(=O)c2c1. The Kier molecular flexibility index (Phi) is 9.45. The quantitative estimate of drug-likeness (QED) is 0.220. The van der Waals surface area contributed by atoms with Gasteiger partial charge < -0.3 is 24.4 Å². The van der Waals surface area contributed by atoms with Crippen LogP contribution in [0.5, 0.6) is 0 Å². The van der Waals surface area contributed by atoms with Gasteiger partial charge in [-0.05, 0) is 73.2 Å². The molecule has 0 bridgehead atoms. The summed E-state index contributed by atoms with van der Waals surface area (Å²) in [6, 6.07) is 22.3. The number of nitrogens with one attached hydrogen (secondary N) is 1. The van der Waals surface area contributed by atoms with Crippen molar-refractivity contribution in [1.29, 1.82) is 0 Å². The van der Waals surface area contributed by atoms with Crippen molar-refractivity contribution in [2.45, 2.75) is 44.7 Å². The van der Waals surface area contributed by atoms with Crippen molar-refractivity contribution in [3.63, 3.8) is 0 Å². The molecule has 46 heavy (non-hydrogen) atoms. The molecular formula is C37H39ClN4O4. The average Bonchev–Trinajstić information content (AvgIpc) is 3.46. The van der Waals surface area contributed by atoms with E-state index in [2.05, 4.69) is 34.5 Å². The molecule has 8 nitrogen and oxygen atoms in total. The van der Waals surface area contributed by atoms with E-state index in [1.165, 1.54) is 22.9 Å². The number of benzene rings is 3. The maximum absolute atomic E-state index is 13.5. The molecule has 0 aliphatic carbocycles. The Hall–Kier alpha value is -4.56. The van der Waals surface area contributed by atoms with Crippen molar-refractivity contribution in [3.8, 4) is 0 Å². The highest BCUT2D eigenvalue weighted by atomic mass is 35.5. The van der Waals surface area contributed by atoms with Gasteiger partial charge in [-0.1, -0.05) is 53.6 Å². The second kappa shape index (κ2) is 13.8. The van der Waals surface area contributed by atoms with E-state index in [1.807, 2.05) is 60.3 Å². The van der Waals surface area contributed by atoms with E-state index < -0.39 is 5.91 Å². The lowest BCUT2D eigenvalue weighted by molar-refractivity contribution is -0.128. The van der Waals surface area contributed by atoms with Crippen LogP contribution in [0.25, 0.3) is 11.0 Å². The summed E-state index contributed by atoms with van der Waals surface area (Å²) in [5, 5.41) is 4.21. The van der Waals surface area contributed by atoms with Gasteiger partial charge in [-0.2, -0.15) is 0 Å². The fraction of sp³-hybridized carbons (Fsp3) is 0.324. The van der Waals surface area contributed by atoms with Gasteiger partial charge in [0.1, 0.15) is 5.58 Å². The molecule has 9 heteroatoms. The topological polar surface area (TPSA) is 86.1 Å². The van der Waals surface area contributed by atoms with E-state index in [0.717, 1.165) is 50.1 Å². The first-order valence-electron chi connectivity index (χ1n) is 15.8. The van der Waals surface area contributed by atoms with Crippen LogP contribution in [0.15, 0.2) is 93.7 Å². The van der Waals surface area contributed by atoms with Gasteiger partial charge in [0.05, 0.1) is 11.4 Å². The Balaban J connectivity index is 1.19. The Bertz CT molecular complexity index is 1820. The highest BCUT2D eigenvalue weighted by molar-refractivity contribution is 6.30. The third-order valence-corrected chi connectivity index (χ3v) is 9.10.